The first-order chi connectivity index (χ1) is 15.4. The second kappa shape index (κ2) is 7.55. The topological polar surface area (TPSA) is 53.4 Å². The molecule has 166 valence electrons. The average Bonchev–Trinajstić information content (AvgIpc) is 2.99. The van der Waals surface area contributed by atoms with Crippen LogP contribution >= 0.6 is 11.6 Å². The zero-order valence-corrected chi connectivity index (χ0v) is 19.3. The zero-order chi connectivity index (χ0) is 22.0. The number of aliphatic hydroxyl groups is 2. The molecule has 4 aliphatic rings. The molecule has 4 aliphatic carbocycles. The number of aromatic nitrogens is 1. The highest BCUT2D eigenvalue weighted by molar-refractivity contribution is 6.34. The summed E-state index contributed by atoms with van der Waals surface area (Å²) in [6.07, 6.45) is 12.5. The molecule has 4 heteroatoms. The van der Waals surface area contributed by atoms with E-state index in [-0.39, 0.29) is 11.5 Å². The van der Waals surface area contributed by atoms with Gasteiger partial charge in [0, 0.05) is 17.0 Å². The number of allylic oxidation sites excluding steroid dienone is 3. The third-order valence-electron chi connectivity index (χ3n) is 8.68. The van der Waals surface area contributed by atoms with Crippen LogP contribution in [0.5, 0.6) is 0 Å². The van der Waals surface area contributed by atoms with Crippen LogP contribution in [0.25, 0.3) is 16.3 Å². The van der Waals surface area contributed by atoms with E-state index in [1.807, 2.05) is 6.07 Å². The molecule has 0 aliphatic heterocycles. The molecule has 5 atom stereocenters. The van der Waals surface area contributed by atoms with Crippen LogP contribution in [-0.2, 0) is 0 Å². The van der Waals surface area contributed by atoms with Gasteiger partial charge < -0.3 is 10.2 Å². The molecule has 0 bridgehead atoms. The van der Waals surface area contributed by atoms with E-state index >= 15 is 0 Å². The first-order valence-electron chi connectivity index (χ1n) is 12.0. The number of hydrogen-bond acceptors (Lipinski definition) is 3. The number of aliphatic hydroxyl groups excluding tert-OH is 2. The molecule has 1 heterocycles. The predicted octanol–water partition coefficient (Wildman–Crippen LogP) is 6.24. The standard InChI is InChI=1S/C28H30ClNO2/c1-28-15-26(32)23-14-19-13-20(31)5-2-16(19)3-7-22(23)25(28)9-8-24(28)18-4-6-21-17(12-18)10-11-30-27(21)29/h4,6,8,10-12,14,16,20,25-26,31-32H,2-3,5,7,9,13,15H2,1H3. The number of halogens is 1. The van der Waals surface area contributed by atoms with Crippen LogP contribution in [0.4, 0.5) is 0 Å². The molecule has 1 fully saturated rings. The summed E-state index contributed by atoms with van der Waals surface area (Å²) in [7, 11) is 0. The van der Waals surface area contributed by atoms with Gasteiger partial charge in [-0.25, -0.2) is 4.98 Å². The van der Waals surface area contributed by atoms with E-state index in [2.05, 4.69) is 42.3 Å². The summed E-state index contributed by atoms with van der Waals surface area (Å²) in [4.78, 5) is 4.20. The third kappa shape index (κ3) is 3.13. The lowest BCUT2D eigenvalue weighted by molar-refractivity contribution is 0.124. The summed E-state index contributed by atoms with van der Waals surface area (Å²) < 4.78 is 0. The van der Waals surface area contributed by atoms with Crippen molar-refractivity contribution < 1.29 is 10.2 Å². The third-order valence-corrected chi connectivity index (χ3v) is 8.98. The molecule has 1 aromatic carbocycles. The molecule has 0 spiro atoms. The largest absolute Gasteiger partial charge is 0.393 e. The van der Waals surface area contributed by atoms with Crippen LogP contribution in [-0.4, -0.2) is 27.4 Å². The van der Waals surface area contributed by atoms with Crippen molar-refractivity contribution in [2.24, 2.45) is 17.3 Å². The molecule has 5 unspecified atom stereocenters. The van der Waals surface area contributed by atoms with Gasteiger partial charge in [-0.15, -0.1) is 0 Å². The first-order valence-corrected chi connectivity index (χ1v) is 12.4. The number of benzene rings is 1. The van der Waals surface area contributed by atoms with Crippen molar-refractivity contribution in [1.29, 1.82) is 0 Å². The van der Waals surface area contributed by atoms with Crippen molar-refractivity contribution in [3.63, 3.8) is 0 Å². The lowest BCUT2D eigenvalue weighted by Crippen LogP contribution is -2.37. The highest BCUT2D eigenvalue weighted by Crippen LogP contribution is 2.59. The highest BCUT2D eigenvalue weighted by Gasteiger charge is 2.49. The zero-order valence-electron chi connectivity index (χ0n) is 18.5. The quantitative estimate of drug-likeness (QED) is 0.508. The van der Waals surface area contributed by atoms with E-state index in [0.717, 1.165) is 61.3 Å². The molecule has 0 saturated heterocycles. The Kier molecular flexibility index (Phi) is 4.87. The average molecular weight is 448 g/mol. The van der Waals surface area contributed by atoms with Gasteiger partial charge in [0.1, 0.15) is 5.15 Å². The second-order valence-corrected chi connectivity index (χ2v) is 10.8. The number of rotatable bonds is 1. The van der Waals surface area contributed by atoms with Crippen LogP contribution in [0, 0.1) is 17.3 Å². The van der Waals surface area contributed by atoms with Gasteiger partial charge in [-0.05, 0) is 91.0 Å². The smallest absolute Gasteiger partial charge is 0.136 e. The summed E-state index contributed by atoms with van der Waals surface area (Å²) in [5.41, 5.74) is 6.49. The van der Waals surface area contributed by atoms with Crippen molar-refractivity contribution in [2.75, 3.05) is 0 Å². The van der Waals surface area contributed by atoms with Crippen LogP contribution in [0.15, 0.2) is 59.3 Å². The predicted molar refractivity (Wildman–Crippen MR) is 129 cm³/mol. The minimum atomic E-state index is -0.447. The summed E-state index contributed by atoms with van der Waals surface area (Å²) in [5, 5.41) is 24.2. The van der Waals surface area contributed by atoms with E-state index in [9.17, 15) is 10.2 Å². The van der Waals surface area contributed by atoms with Crippen LogP contribution < -0.4 is 0 Å². The van der Waals surface area contributed by atoms with Crippen LogP contribution in [0.3, 0.4) is 0 Å². The summed E-state index contributed by atoms with van der Waals surface area (Å²) in [6, 6.07) is 8.48. The number of hydrogen-bond donors (Lipinski definition) is 2. The molecule has 1 saturated carbocycles. The van der Waals surface area contributed by atoms with E-state index < -0.39 is 6.10 Å². The summed E-state index contributed by atoms with van der Waals surface area (Å²) >= 11 is 6.29. The molecular weight excluding hydrogens is 418 g/mol. The van der Waals surface area contributed by atoms with Gasteiger partial charge in [0.05, 0.1) is 12.2 Å². The van der Waals surface area contributed by atoms with Crippen molar-refractivity contribution in [3.05, 3.63) is 70.1 Å². The Morgan fingerprint density at radius 2 is 2.00 bits per heavy atom. The van der Waals surface area contributed by atoms with Gasteiger partial charge in [0.2, 0.25) is 0 Å². The monoisotopic (exact) mass is 447 g/mol. The highest BCUT2D eigenvalue weighted by atomic mass is 35.5. The lowest BCUT2D eigenvalue weighted by atomic mass is 9.61. The van der Waals surface area contributed by atoms with E-state index in [1.165, 1.54) is 22.3 Å². The second-order valence-electron chi connectivity index (χ2n) is 10.5. The molecule has 3 nitrogen and oxygen atoms in total. The molecule has 32 heavy (non-hydrogen) atoms. The molecule has 0 radical (unpaired) electrons. The van der Waals surface area contributed by atoms with Crippen molar-refractivity contribution in [2.45, 2.75) is 64.1 Å². The minimum Gasteiger partial charge on any atom is -0.393 e. The Bertz CT molecular complexity index is 1200. The van der Waals surface area contributed by atoms with E-state index in [1.54, 1.807) is 6.20 Å². The fraction of sp³-hybridized carbons (Fsp3) is 0.464. The van der Waals surface area contributed by atoms with Gasteiger partial charge in [0.15, 0.2) is 0 Å². The molecule has 2 N–H and O–H groups in total. The van der Waals surface area contributed by atoms with Gasteiger partial charge in [0.25, 0.3) is 0 Å². The van der Waals surface area contributed by atoms with E-state index in [4.69, 9.17) is 11.6 Å². The molecular formula is C28H30ClNO2. The van der Waals surface area contributed by atoms with Crippen molar-refractivity contribution >= 4 is 27.9 Å². The first kappa shape index (κ1) is 20.7. The Hall–Kier alpha value is -1.94. The maximum atomic E-state index is 11.4. The molecule has 6 rings (SSSR count). The maximum absolute atomic E-state index is 11.4. The van der Waals surface area contributed by atoms with Gasteiger partial charge in [-0.2, -0.15) is 0 Å². The lowest BCUT2D eigenvalue weighted by Gasteiger charge is -2.43. The maximum Gasteiger partial charge on any atom is 0.136 e. The summed E-state index contributed by atoms with van der Waals surface area (Å²) in [5.74, 6) is 1.00. The number of nitrogens with zero attached hydrogens (tertiary/aromatic N) is 1. The Morgan fingerprint density at radius 3 is 2.88 bits per heavy atom. The van der Waals surface area contributed by atoms with Crippen molar-refractivity contribution in [1.82, 2.24) is 4.98 Å². The number of fused-ring (bicyclic) bond motifs is 4. The normalized spacial score (nSPS) is 34.4. The molecule has 1 aromatic heterocycles. The van der Waals surface area contributed by atoms with Crippen LogP contribution in [0.1, 0.15) is 57.4 Å². The van der Waals surface area contributed by atoms with Crippen molar-refractivity contribution in [3.8, 4) is 0 Å². The van der Waals surface area contributed by atoms with Gasteiger partial charge >= 0.3 is 0 Å². The minimum absolute atomic E-state index is 0.0731. The molecule has 2 aromatic rings. The van der Waals surface area contributed by atoms with E-state index in [0.29, 0.717) is 17.0 Å². The SMILES string of the molecule is CC12CC(O)C3=C(CCC4CCC(O)CC4=C3)C1CC=C2c1ccc2c(Cl)nccc2c1. The van der Waals surface area contributed by atoms with Gasteiger partial charge in [-0.1, -0.05) is 54.0 Å². The Labute approximate surface area is 194 Å². The molecule has 0 amide bonds. The fourth-order valence-corrected chi connectivity index (χ4v) is 7.27. The van der Waals surface area contributed by atoms with Gasteiger partial charge in [-0.3, -0.25) is 0 Å². The Morgan fingerprint density at radius 1 is 1.12 bits per heavy atom. The number of pyridine rings is 1. The summed E-state index contributed by atoms with van der Waals surface area (Å²) in [6.45, 7) is 2.35. The van der Waals surface area contributed by atoms with Crippen LogP contribution in [0.2, 0.25) is 5.15 Å². The fourth-order valence-electron chi connectivity index (χ4n) is 7.04. The Balaban J connectivity index is 1.38.